The molecular formula is C17H20ClN3O2. The molecule has 0 aliphatic rings. The van der Waals surface area contributed by atoms with Gasteiger partial charge in [-0.2, -0.15) is 4.99 Å². The van der Waals surface area contributed by atoms with E-state index in [0.29, 0.717) is 12.1 Å². The molecule has 0 saturated carbocycles. The van der Waals surface area contributed by atoms with Gasteiger partial charge >= 0.3 is 6.09 Å². The lowest BCUT2D eigenvalue weighted by Gasteiger charge is -2.04. The summed E-state index contributed by atoms with van der Waals surface area (Å²) in [6, 6.07) is 16.9. The second-order valence-electron chi connectivity index (χ2n) is 4.77. The number of carbonyl (C=O) groups excluding carboxylic acids is 1. The Morgan fingerprint density at radius 3 is 2.26 bits per heavy atom. The third-order valence-corrected chi connectivity index (χ3v) is 3.10. The number of nitrogens with two attached hydrogens (primary N) is 2. The molecule has 0 radical (unpaired) electrons. The Labute approximate surface area is 141 Å². The maximum absolute atomic E-state index is 11.7. The highest BCUT2D eigenvalue weighted by Gasteiger charge is 2.05. The van der Waals surface area contributed by atoms with E-state index in [4.69, 9.17) is 16.2 Å². The van der Waals surface area contributed by atoms with E-state index in [1.54, 1.807) is 0 Å². The van der Waals surface area contributed by atoms with Gasteiger partial charge in [0.2, 0.25) is 0 Å². The number of hydrogen-bond donors (Lipinski definition) is 2. The lowest BCUT2D eigenvalue weighted by molar-refractivity contribution is 0.151. The van der Waals surface area contributed by atoms with Crippen LogP contribution in [0.15, 0.2) is 59.6 Å². The minimum atomic E-state index is -0.701. The molecule has 23 heavy (non-hydrogen) atoms. The van der Waals surface area contributed by atoms with Crippen molar-refractivity contribution in [1.29, 1.82) is 0 Å². The lowest BCUT2D eigenvalue weighted by atomic mass is 10.1. The number of amides is 1. The molecule has 0 bridgehead atoms. The number of benzene rings is 2. The number of rotatable bonds is 5. The Morgan fingerprint density at radius 2 is 1.65 bits per heavy atom. The van der Waals surface area contributed by atoms with Crippen molar-refractivity contribution in [3.05, 3.63) is 71.3 Å². The molecule has 0 unspecified atom stereocenters. The molecule has 0 heterocycles. The van der Waals surface area contributed by atoms with Gasteiger partial charge in [-0.25, -0.2) is 4.79 Å². The zero-order chi connectivity index (χ0) is 15.8. The van der Waals surface area contributed by atoms with Crippen molar-refractivity contribution < 1.29 is 9.53 Å². The topological polar surface area (TPSA) is 90.7 Å². The van der Waals surface area contributed by atoms with Gasteiger partial charge in [0.1, 0.15) is 12.4 Å². The molecule has 2 aromatic carbocycles. The van der Waals surface area contributed by atoms with Gasteiger partial charge < -0.3 is 16.2 Å². The second kappa shape index (κ2) is 9.61. The molecule has 2 aromatic rings. The average molecular weight is 334 g/mol. The Hall–Kier alpha value is -2.37. The third kappa shape index (κ3) is 6.10. The van der Waals surface area contributed by atoms with Gasteiger partial charge in [0.15, 0.2) is 0 Å². The Bertz CT molecular complexity index is 643. The summed E-state index contributed by atoms with van der Waals surface area (Å²) in [6.07, 6.45) is 0.101. The first kappa shape index (κ1) is 18.7. The van der Waals surface area contributed by atoms with Crippen molar-refractivity contribution in [2.75, 3.05) is 6.54 Å². The molecule has 0 atom stereocenters. The van der Waals surface area contributed by atoms with E-state index < -0.39 is 6.09 Å². The quantitative estimate of drug-likeness (QED) is 0.650. The van der Waals surface area contributed by atoms with E-state index in [1.165, 1.54) is 0 Å². The summed E-state index contributed by atoms with van der Waals surface area (Å²) in [5, 5.41) is 0. The first-order valence-corrected chi connectivity index (χ1v) is 7.03. The summed E-state index contributed by atoms with van der Waals surface area (Å²) in [4.78, 5) is 15.4. The van der Waals surface area contributed by atoms with Crippen LogP contribution in [-0.2, 0) is 17.8 Å². The number of nitrogens with zero attached hydrogens (tertiary/aromatic N) is 1. The van der Waals surface area contributed by atoms with Crippen molar-refractivity contribution in [3.8, 4) is 0 Å². The van der Waals surface area contributed by atoms with E-state index in [2.05, 4.69) is 4.99 Å². The van der Waals surface area contributed by atoms with Gasteiger partial charge in [-0.15, -0.1) is 12.4 Å². The van der Waals surface area contributed by atoms with Crippen LogP contribution < -0.4 is 11.5 Å². The molecule has 0 aliphatic carbocycles. The van der Waals surface area contributed by atoms with Crippen LogP contribution in [0.3, 0.4) is 0 Å². The molecule has 1 amide bonds. The molecule has 0 saturated heterocycles. The van der Waals surface area contributed by atoms with Crippen LogP contribution in [0.25, 0.3) is 0 Å². The monoisotopic (exact) mass is 333 g/mol. The van der Waals surface area contributed by atoms with Crippen molar-refractivity contribution in [2.24, 2.45) is 16.5 Å². The van der Waals surface area contributed by atoms with E-state index in [-0.39, 0.29) is 24.8 Å². The van der Waals surface area contributed by atoms with E-state index >= 15 is 0 Å². The fraction of sp³-hybridized carbons (Fsp3) is 0.176. The van der Waals surface area contributed by atoms with Gasteiger partial charge in [0.25, 0.3) is 0 Å². The van der Waals surface area contributed by atoms with Crippen LogP contribution in [0.2, 0.25) is 0 Å². The predicted octanol–water partition coefficient (Wildman–Crippen LogP) is 2.65. The van der Waals surface area contributed by atoms with Crippen LogP contribution >= 0.6 is 12.4 Å². The van der Waals surface area contributed by atoms with Gasteiger partial charge in [-0.1, -0.05) is 54.6 Å². The fourth-order valence-corrected chi connectivity index (χ4v) is 1.92. The molecule has 0 aromatic heterocycles. The van der Waals surface area contributed by atoms with Crippen molar-refractivity contribution in [1.82, 2.24) is 0 Å². The van der Waals surface area contributed by atoms with E-state index in [1.807, 2.05) is 54.6 Å². The standard InChI is InChI=1S/C17H19N3O2.ClH/c18-11-10-13-6-8-15(9-7-13)16(19)20-17(21)22-12-14-4-2-1-3-5-14;/h1-9H,10-12,18H2,(H2,19,20,21);1H. The minimum absolute atomic E-state index is 0. The SMILES string of the molecule is Cl.NCCc1ccc(C(N)=NC(=O)OCc2ccccc2)cc1. The van der Waals surface area contributed by atoms with Crippen LogP contribution in [0.5, 0.6) is 0 Å². The summed E-state index contributed by atoms with van der Waals surface area (Å²) < 4.78 is 5.06. The fourth-order valence-electron chi connectivity index (χ4n) is 1.92. The zero-order valence-electron chi connectivity index (χ0n) is 12.6. The normalized spacial score (nSPS) is 10.7. The van der Waals surface area contributed by atoms with Crippen molar-refractivity contribution in [3.63, 3.8) is 0 Å². The summed E-state index contributed by atoms with van der Waals surface area (Å²) in [7, 11) is 0. The first-order valence-electron chi connectivity index (χ1n) is 7.03. The molecule has 0 fully saturated rings. The number of halogens is 1. The molecule has 6 heteroatoms. The van der Waals surface area contributed by atoms with Crippen molar-refractivity contribution >= 4 is 24.3 Å². The highest BCUT2D eigenvalue weighted by atomic mass is 35.5. The number of ether oxygens (including phenoxy) is 1. The average Bonchev–Trinajstić information content (AvgIpc) is 2.55. The predicted molar refractivity (Wildman–Crippen MR) is 93.8 cm³/mol. The van der Waals surface area contributed by atoms with Crippen LogP contribution in [0.4, 0.5) is 4.79 Å². The van der Waals surface area contributed by atoms with Crippen LogP contribution in [0.1, 0.15) is 16.7 Å². The van der Waals surface area contributed by atoms with Crippen LogP contribution in [-0.4, -0.2) is 18.5 Å². The summed E-state index contributed by atoms with van der Waals surface area (Å²) in [5.41, 5.74) is 14.0. The Kier molecular flexibility index (Phi) is 7.80. The Balaban J connectivity index is 0.00000264. The first-order chi connectivity index (χ1) is 10.7. The maximum Gasteiger partial charge on any atom is 0.435 e. The maximum atomic E-state index is 11.7. The van der Waals surface area contributed by atoms with Crippen LogP contribution in [0, 0.1) is 0 Å². The Morgan fingerprint density at radius 1 is 1.00 bits per heavy atom. The summed E-state index contributed by atoms with van der Waals surface area (Å²) >= 11 is 0. The van der Waals surface area contributed by atoms with E-state index in [0.717, 1.165) is 17.5 Å². The molecule has 4 N–H and O–H groups in total. The van der Waals surface area contributed by atoms with Gasteiger partial charge in [-0.05, 0) is 24.1 Å². The van der Waals surface area contributed by atoms with Gasteiger partial charge in [0, 0.05) is 5.56 Å². The largest absolute Gasteiger partial charge is 0.443 e. The second-order valence-corrected chi connectivity index (χ2v) is 4.77. The molecular weight excluding hydrogens is 314 g/mol. The number of hydrogen-bond acceptors (Lipinski definition) is 3. The molecule has 5 nitrogen and oxygen atoms in total. The van der Waals surface area contributed by atoms with Crippen molar-refractivity contribution in [2.45, 2.75) is 13.0 Å². The van der Waals surface area contributed by atoms with E-state index in [9.17, 15) is 4.79 Å². The molecule has 2 rings (SSSR count). The molecule has 0 spiro atoms. The highest BCUT2D eigenvalue weighted by Crippen LogP contribution is 2.06. The third-order valence-electron chi connectivity index (χ3n) is 3.10. The van der Waals surface area contributed by atoms with Gasteiger partial charge in [-0.3, -0.25) is 0 Å². The summed E-state index contributed by atoms with van der Waals surface area (Å²) in [5.74, 6) is 0.136. The smallest absolute Gasteiger partial charge is 0.435 e. The zero-order valence-corrected chi connectivity index (χ0v) is 13.5. The lowest BCUT2D eigenvalue weighted by Crippen LogP contribution is -2.16. The highest BCUT2D eigenvalue weighted by molar-refractivity contribution is 6.02. The van der Waals surface area contributed by atoms with Gasteiger partial charge in [0.05, 0.1) is 0 Å². The minimum Gasteiger partial charge on any atom is -0.443 e. The molecule has 122 valence electrons. The number of amidine groups is 1. The number of carbonyl (C=O) groups is 1. The number of aliphatic imine (C=N–C) groups is 1. The summed E-state index contributed by atoms with van der Waals surface area (Å²) in [6.45, 7) is 0.765. The molecule has 0 aliphatic heterocycles.